The van der Waals surface area contributed by atoms with Gasteiger partial charge in [-0.3, -0.25) is 0 Å². The first-order valence-corrected chi connectivity index (χ1v) is 6.06. The fraction of sp³-hybridized carbons (Fsp3) is 0.231. The van der Waals surface area contributed by atoms with Crippen LogP contribution in [0.3, 0.4) is 0 Å². The normalized spacial score (nSPS) is 14.4. The van der Waals surface area contributed by atoms with Gasteiger partial charge < -0.3 is 4.57 Å². The fourth-order valence-corrected chi connectivity index (χ4v) is 2.17. The zero-order valence-corrected chi connectivity index (χ0v) is 10.1. The Morgan fingerprint density at radius 2 is 1.94 bits per heavy atom. The van der Waals surface area contributed by atoms with Crippen molar-refractivity contribution in [2.45, 2.75) is 19.4 Å². The molecular formula is C13H12ClN3. The van der Waals surface area contributed by atoms with Crippen molar-refractivity contribution in [3.05, 3.63) is 46.5 Å². The molecule has 1 aliphatic heterocycles. The highest BCUT2D eigenvalue weighted by molar-refractivity contribution is 6.30. The second kappa shape index (κ2) is 4.34. The summed E-state index contributed by atoms with van der Waals surface area (Å²) in [6, 6.07) is 7.74. The lowest BCUT2D eigenvalue weighted by Gasteiger charge is -1.97. The Kier molecular flexibility index (Phi) is 2.69. The summed E-state index contributed by atoms with van der Waals surface area (Å²) in [6.07, 6.45) is 6.26. The molecule has 1 aromatic carbocycles. The Morgan fingerprint density at radius 3 is 2.76 bits per heavy atom. The van der Waals surface area contributed by atoms with Crippen LogP contribution in [0, 0.1) is 0 Å². The molecule has 0 unspecified atom stereocenters. The average molecular weight is 246 g/mol. The van der Waals surface area contributed by atoms with Crippen molar-refractivity contribution in [1.82, 2.24) is 14.8 Å². The zero-order valence-electron chi connectivity index (χ0n) is 9.31. The summed E-state index contributed by atoms with van der Waals surface area (Å²) >= 11 is 5.84. The highest BCUT2D eigenvalue weighted by Crippen LogP contribution is 2.16. The van der Waals surface area contributed by atoms with E-state index in [4.69, 9.17) is 11.6 Å². The number of benzene rings is 1. The first-order chi connectivity index (χ1) is 8.33. The van der Waals surface area contributed by atoms with Crippen LogP contribution in [0.5, 0.6) is 0 Å². The number of aromatic nitrogens is 3. The molecule has 86 valence electrons. The van der Waals surface area contributed by atoms with E-state index < -0.39 is 0 Å². The summed E-state index contributed by atoms with van der Waals surface area (Å²) in [7, 11) is 0. The van der Waals surface area contributed by atoms with Gasteiger partial charge in [-0.05, 0) is 30.2 Å². The van der Waals surface area contributed by atoms with Crippen LogP contribution < -0.4 is 0 Å². The summed E-state index contributed by atoms with van der Waals surface area (Å²) in [5, 5.41) is 9.09. The standard InChI is InChI=1S/C13H12ClN3/c14-11-6-3-10(4-7-11)5-8-13-16-15-12-2-1-9-17(12)13/h3-8H,1-2,9H2/b8-5+. The average Bonchev–Trinajstić information content (AvgIpc) is 2.91. The minimum Gasteiger partial charge on any atom is -0.311 e. The first-order valence-electron chi connectivity index (χ1n) is 5.69. The van der Waals surface area contributed by atoms with E-state index in [9.17, 15) is 0 Å². The minimum atomic E-state index is 0.755. The maximum atomic E-state index is 5.84. The predicted molar refractivity (Wildman–Crippen MR) is 68.7 cm³/mol. The SMILES string of the molecule is Clc1ccc(/C=C/c2nnc3n2CCC3)cc1. The van der Waals surface area contributed by atoms with Gasteiger partial charge in [-0.15, -0.1) is 10.2 Å². The fourth-order valence-electron chi connectivity index (χ4n) is 2.04. The Bertz CT molecular complexity index is 555. The molecule has 17 heavy (non-hydrogen) atoms. The van der Waals surface area contributed by atoms with E-state index in [-0.39, 0.29) is 0 Å². The lowest BCUT2D eigenvalue weighted by molar-refractivity contribution is 0.734. The molecule has 0 saturated heterocycles. The third kappa shape index (κ3) is 2.11. The number of hydrogen-bond acceptors (Lipinski definition) is 2. The maximum absolute atomic E-state index is 5.84. The summed E-state index contributed by atoms with van der Waals surface area (Å²) in [4.78, 5) is 0. The summed E-state index contributed by atoms with van der Waals surface area (Å²) < 4.78 is 2.17. The number of hydrogen-bond donors (Lipinski definition) is 0. The summed E-state index contributed by atoms with van der Waals surface area (Å²) in [5.41, 5.74) is 1.12. The lowest BCUT2D eigenvalue weighted by atomic mass is 10.2. The topological polar surface area (TPSA) is 30.7 Å². The molecule has 2 aromatic rings. The Hall–Kier alpha value is -1.61. The van der Waals surface area contributed by atoms with E-state index in [0.717, 1.165) is 35.2 Å². The van der Waals surface area contributed by atoms with Crippen LogP contribution in [0.25, 0.3) is 12.2 Å². The second-order valence-corrected chi connectivity index (χ2v) is 4.55. The number of halogens is 1. The van der Waals surface area contributed by atoms with Gasteiger partial charge in [-0.2, -0.15) is 0 Å². The Balaban J connectivity index is 1.84. The van der Waals surface area contributed by atoms with E-state index >= 15 is 0 Å². The van der Waals surface area contributed by atoms with Gasteiger partial charge in [0.15, 0.2) is 5.82 Å². The van der Waals surface area contributed by atoms with Crippen LogP contribution in [0.4, 0.5) is 0 Å². The summed E-state index contributed by atoms with van der Waals surface area (Å²) in [5.74, 6) is 2.04. The monoisotopic (exact) mass is 245 g/mol. The van der Waals surface area contributed by atoms with Crippen molar-refractivity contribution in [3.8, 4) is 0 Å². The smallest absolute Gasteiger partial charge is 0.156 e. The van der Waals surface area contributed by atoms with Crippen molar-refractivity contribution < 1.29 is 0 Å². The number of rotatable bonds is 2. The van der Waals surface area contributed by atoms with Crippen LogP contribution in [-0.2, 0) is 13.0 Å². The number of aryl methyl sites for hydroxylation is 1. The van der Waals surface area contributed by atoms with Crippen LogP contribution in [0.2, 0.25) is 5.02 Å². The van der Waals surface area contributed by atoms with Crippen molar-refractivity contribution in [2.24, 2.45) is 0 Å². The molecule has 0 radical (unpaired) electrons. The molecule has 0 saturated carbocycles. The summed E-state index contributed by atoms with van der Waals surface area (Å²) in [6.45, 7) is 1.03. The minimum absolute atomic E-state index is 0.755. The molecule has 1 aromatic heterocycles. The van der Waals surface area contributed by atoms with Gasteiger partial charge in [0.1, 0.15) is 5.82 Å². The third-order valence-electron chi connectivity index (χ3n) is 2.93. The van der Waals surface area contributed by atoms with E-state index in [2.05, 4.69) is 14.8 Å². The van der Waals surface area contributed by atoms with Crippen molar-refractivity contribution in [2.75, 3.05) is 0 Å². The Morgan fingerprint density at radius 1 is 1.12 bits per heavy atom. The molecule has 0 bridgehead atoms. The third-order valence-corrected chi connectivity index (χ3v) is 3.18. The van der Waals surface area contributed by atoms with E-state index in [1.54, 1.807) is 0 Å². The van der Waals surface area contributed by atoms with E-state index in [0.29, 0.717) is 0 Å². The van der Waals surface area contributed by atoms with Crippen molar-refractivity contribution >= 4 is 23.8 Å². The van der Waals surface area contributed by atoms with Gasteiger partial charge in [0, 0.05) is 18.0 Å². The molecule has 3 rings (SSSR count). The zero-order chi connectivity index (χ0) is 11.7. The van der Waals surface area contributed by atoms with Gasteiger partial charge in [0.05, 0.1) is 0 Å². The lowest BCUT2D eigenvalue weighted by Crippen LogP contribution is -1.95. The van der Waals surface area contributed by atoms with Crippen molar-refractivity contribution in [1.29, 1.82) is 0 Å². The van der Waals surface area contributed by atoms with E-state index in [1.807, 2.05) is 36.4 Å². The van der Waals surface area contributed by atoms with Crippen LogP contribution in [-0.4, -0.2) is 14.8 Å². The van der Waals surface area contributed by atoms with Crippen molar-refractivity contribution in [3.63, 3.8) is 0 Å². The molecule has 0 aliphatic carbocycles. The van der Waals surface area contributed by atoms with Gasteiger partial charge in [-0.1, -0.05) is 29.8 Å². The van der Waals surface area contributed by atoms with Crippen LogP contribution in [0.15, 0.2) is 24.3 Å². The number of nitrogens with zero attached hydrogens (tertiary/aromatic N) is 3. The molecule has 1 aliphatic rings. The first kappa shape index (κ1) is 10.5. The molecule has 3 nitrogen and oxygen atoms in total. The molecule has 0 N–H and O–H groups in total. The van der Waals surface area contributed by atoms with Gasteiger partial charge in [-0.25, -0.2) is 0 Å². The molecule has 0 amide bonds. The van der Waals surface area contributed by atoms with Crippen LogP contribution >= 0.6 is 11.6 Å². The predicted octanol–water partition coefficient (Wildman–Crippen LogP) is 3.05. The second-order valence-electron chi connectivity index (χ2n) is 4.11. The van der Waals surface area contributed by atoms with Crippen LogP contribution in [0.1, 0.15) is 23.6 Å². The molecule has 0 fully saturated rings. The highest BCUT2D eigenvalue weighted by atomic mass is 35.5. The van der Waals surface area contributed by atoms with Gasteiger partial charge in [0.2, 0.25) is 0 Å². The molecule has 0 atom stereocenters. The molecule has 2 heterocycles. The quantitative estimate of drug-likeness (QED) is 0.814. The largest absolute Gasteiger partial charge is 0.311 e. The molecule has 4 heteroatoms. The maximum Gasteiger partial charge on any atom is 0.156 e. The molecular weight excluding hydrogens is 234 g/mol. The Labute approximate surface area is 105 Å². The highest BCUT2D eigenvalue weighted by Gasteiger charge is 2.14. The van der Waals surface area contributed by atoms with Gasteiger partial charge in [0.25, 0.3) is 0 Å². The van der Waals surface area contributed by atoms with E-state index in [1.165, 1.54) is 6.42 Å². The molecule has 0 spiro atoms. The number of fused-ring (bicyclic) bond motifs is 1. The van der Waals surface area contributed by atoms with Gasteiger partial charge >= 0.3 is 0 Å².